The van der Waals surface area contributed by atoms with Gasteiger partial charge in [-0.25, -0.2) is 0 Å². The lowest BCUT2D eigenvalue weighted by atomic mass is 9.64. The van der Waals surface area contributed by atoms with Crippen LogP contribution in [0.1, 0.15) is 87.1 Å². The van der Waals surface area contributed by atoms with Crippen molar-refractivity contribution in [1.82, 2.24) is 10.2 Å². The molecule has 1 aliphatic carbocycles. The van der Waals surface area contributed by atoms with E-state index in [1.807, 2.05) is 24.3 Å². The Morgan fingerprint density at radius 2 is 2.00 bits per heavy atom. The third-order valence-corrected chi connectivity index (χ3v) is 7.28. The van der Waals surface area contributed by atoms with Crippen LogP contribution in [0.25, 0.3) is 0 Å². The van der Waals surface area contributed by atoms with Gasteiger partial charge in [-0.05, 0) is 50.7 Å². The Labute approximate surface area is 174 Å². The monoisotopic (exact) mass is 398 g/mol. The summed E-state index contributed by atoms with van der Waals surface area (Å²) in [7, 11) is 0. The number of fused-ring (bicyclic) bond motifs is 1. The van der Waals surface area contributed by atoms with Crippen molar-refractivity contribution in [2.24, 2.45) is 0 Å². The molecule has 0 radical (unpaired) electrons. The second-order valence-electron chi connectivity index (χ2n) is 9.00. The predicted molar refractivity (Wildman–Crippen MR) is 113 cm³/mol. The molecule has 158 valence electrons. The first kappa shape index (κ1) is 20.4. The zero-order valence-corrected chi connectivity index (χ0v) is 17.8. The van der Waals surface area contributed by atoms with E-state index >= 15 is 0 Å². The summed E-state index contributed by atoms with van der Waals surface area (Å²) >= 11 is 0. The molecule has 1 N–H and O–H groups in total. The van der Waals surface area contributed by atoms with E-state index in [0.717, 1.165) is 57.1 Å². The summed E-state index contributed by atoms with van der Waals surface area (Å²) in [6, 6.07) is 7.87. The maximum absolute atomic E-state index is 13.6. The Balaban J connectivity index is 1.74. The second kappa shape index (κ2) is 8.47. The quantitative estimate of drug-likeness (QED) is 0.815. The van der Waals surface area contributed by atoms with Gasteiger partial charge < -0.3 is 15.0 Å². The number of hydrogen-bond donors (Lipinski definition) is 1. The van der Waals surface area contributed by atoms with E-state index in [0.29, 0.717) is 12.1 Å². The summed E-state index contributed by atoms with van der Waals surface area (Å²) in [5, 5.41) is 3.20. The first-order valence-electron chi connectivity index (χ1n) is 11.4. The zero-order chi connectivity index (χ0) is 20.4. The summed E-state index contributed by atoms with van der Waals surface area (Å²) in [6.45, 7) is 5.60. The molecule has 3 atom stereocenters. The van der Waals surface area contributed by atoms with Crippen molar-refractivity contribution < 1.29 is 14.3 Å². The maximum Gasteiger partial charge on any atom is 0.254 e. The van der Waals surface area contributed by atoms with Gasteiger partial charge in [-0.1, -0.05) is 44.4 Å². The SMILES string of the molecule is CC[C@@H](C)N1C(=O)c2ccccc2[C@@H](C(=O)NC[C@H]2CCCO2)C12CCCCC2. The highest BCUT2D eigenvalue weighted by Gasteiger charge is 2.55. The molecule has 0 unspecified atom stereocenters. The third kappa shape index (κ3) is 3.58. The summed E-state index contributed by atoms with van der Waals surface area (Å²) in [5.74, 6) is -0.164. The van der Waals surface area contributed by atoms with Gasteiger partial charge in [0.2, 0.25) is 5.91 Å². The number of carbonyl (C=O) groups excluding carboxylic acids is 2. The van der Waals surface area contributed by atoms with Crippen LogP contribution in [0.3, 0.4) is 0 Å². The number of hydrogen-bond acceptors (Lipinski definition) is 3. The molecule has 2 aliphatic heterocycles. The Bertz CT molecular complexity index is 750. The molecular formula is C24H34N2O3. The Hall–Kier alpha value is -1.88. The van der Waals surface area contributed by atoms with Gasteiger partial charge in [0.15, 0.2) is 0 Å². The van der Waals surface area contributed by atoms with Gasteiger partial charge in [0, 0.05) is 24.8 Å². The van der Waals surface area contributed by atoms with E-state index in [2.05, 4.69) is 24.1 Å². The number of benzene rings is 1. The fourth-order valence-corrected chi connectivity index (χ4v) is 5.73. The fourth-order valence-electron chi connectivity index (χ4n) is 5.73. The van der Waals surface area contributed by atoms with Crippen LogP contribution in [0.5, 0.6) is 0 Å². The van der Waals surface area contributed by atoms with Crippen LogP contribution in [0.15, 0.2) is 24.3 Å². The van der Waals surface area contributed by atoms with E-state index in [4.69, 9.17) is 4.74 Å². The van der Waals surface area contributed by atoms with Crippen LogP contribution in [-0.4, -0.2) is 47.6 Å². The van der Waals surface area contributed by atoms with E-state index in [9.17, 15) is 9.59 Å². The van der Waals surface area contributed by atoms with E-state index in [-0.39, 0.29) is 29.9 Å². The van der Waals surface area contributed by atoms with Gasteiger partial charge in [0.1, 0.15) is 0 Å². The fraction of sp³-hybridized carbons (Fsp3) is 0.667. The number of nitrogens with one attached hydrogen (secondary N) is 1. The first-order chi connectivity index (χ1) is 14.1. The van der Waals surface area contributed by atoms with Crippen LogP contribution >= 0.6 is 0 Å². The van der Waals surface area contributed by atoms with Gasteiger partial charge in [-0.3, -0.25) is 9.59 Å². The predicted octanol–water partition coefficient (Wildman–Crippen LogP) is 4.02. The summed E-state index contributed by atoms with van der Waals surface area (Å²) in [4.78, 5) is 29.3. The Morgan fingerprint density at radius 3 is 2.69 bits per heavy atom. The molecule has 0 bridgehead atoms. The maximum atomic E-state index is 13.6. The lowest BCUT2D eigenvalue weighted by Crippen LogP contribution is -2.65. The highest BCUT2D eigenvalue weighted by molar-refractivity contribution is 6.02. The lowest BCUT2D eigenvalue weighted by Gasteiger charge is -2.55. The molecular weight excluding hydrogens is 364 g/mol. The number of ether oxygens (including phenoxy) is 1. The second-order valence-corrected chi connectivity index (χ2v) is 9.00. The lowest BCUT2D eigenvalue weighted by molar-refractivity contribution is -0.128. The Morgan fingerprint density at radius 1 is 1.24 bits per heavy atom. The topological polar surface area (TPSA) is 58.6 Å². The average molecular weight is 399 g/mol. The standard InChI is InChI=1S/C24H34N2O3/c1-3-17(2)26-23(28)20-12-6-5-11-19(20)21(24(26)13-7-4-8-14-24)22(27)25-16-18-10-9-15-29-18/h5-6,11-12,17-18,21H,3-4,7-10,13-16H2,1-2H3,(H,25,27)/t17-,18-,21+/m1/s1. The largest absolute Gasteiger partial charge is 0.376 e. The molecule has 1 saturated heterocycles. The molecule has 2 heterocycles. The minimum Gasteiger partial charge on any atom is -0.376 e. The third-order valence-electron chi connectivity index (χ3n) is 7.28. The summed E-state index contributed by atoms with van der Waals surface area (Å²) < 4.78 is 5.71. The van der Waals surface area contributed by atoms with Crippen molar-refractivity contribution in [3.8, 4) is 0 Å². The van der Waals surface area contributed by atoms with Crippen LogP contribution in [0.4, 0.5) is 0 Å². The molecule has 29 heavy (non-hydrogen) atoms. The van der Waals surface area contributed by atoms with Crippen molar-refractivity contribution in [3.05, 3.63) is 35.4 Å². The van der Waals surface area contributed by atoms with Crippen molar-refractivity contribution in [2.75, 3.05) is 13.2 Å². The van der Waals surface area contributed by atoms with Gasteiger partial charge >= 0.3 is 0 Å². The first-order valence-corrected chi connectivity index (χ1v) is 11.4. The highest BCUT2D eigenvalue weighted by atomic mass is 16.5. The molecule has 1 spiro atoms. The molecule has 1 aromatic rings. The molecule has 5 heteroatoms. The number of nitrogens with zero attached hydrogens (tertiary/aromatic N) is 1. The van der Waals surface area contributed by atoms with Crippen LogP contribution in [-0.2, 0) is 9.53 Å². The van der Waals surface area contributed by atoms with Crippen molar-refractivity contribution in [2.45, 2.75) is 88.8 Å². The van der Waals surface area contributed by atoms with Gasteiger partial charge in [-0.2, -0.15) is 0 Å². The molecule has 5 nitrogen and oxygen atoms in total. The number of amides is 2. The van der Waals surface area contributed by atoms with Crippen molar-refractivity contribution in [3.63, 3.8) is 0 Å². The summed E-state index contributed by atoms with van der Waals surface area (Å²) in [5.41, 5.74) is 1.18. The highest BCUT2D eigenvalue weighted by Crippen LogP contribution is 2.50. The van der Waals surface area contributed by atoms with E-state index in [1.165, 1.54) is 6.42 Å². The molecule has 4 rings (SSSR count). The van der Waals surface area contributed by atoms with Gasteiger partial charge in [-0.15, -0.1) is 0 Å². The average Bonchev–Trinajstić information content (AvgIpc) is 3.26. The minimum absolute atomic E-state index is 0.0515. The molecule has 3 aliphatic rings. The van der Waals surface area contributed by atoms with Crippen molar-refractivity contribution in [1.29, 1.82) is 0 Å². The smallest absolute Gasteiger partial charge is 0.254 e. The molecule has 2 amide bonds. The Kier molecular flexibility index (Phi) is 5.95. The summed E-state index contributed by atoms with van der Waals surface area (Å²) in [6.07, 6.45) is 8.18. The van der Waals surface area contributed by atoms with Gasteiger partial charge in [0.25, 0.3) is 5.91 Å². The normalized spacial score (nSPS) is 27.0. The molecule has 2 fully saturated rings. The van der Waals surface area contributed by atoms with Crippen LogP contribution in [0, 0.1) is 0 Å². The number of rotatable bonds is 5. The number of carbonyl (C=O) groups is 2. The molecule has 0 aromatic heterocycles. The van der Waals surface area contributed by atoms with E-state index in [1.54, 1.807) is 0 Å². The molecule has 1 saturated carbocycles. The minimum atomic E-state index is -0.417. The molecule has 1 aromatic carbocycles. The van der Waals surface area contributed by atoms with E-state index < -0.39 is 5.54 Å². The van der Waals surface area contributed by atoms with Gasteiger partial charge in [0.05, 0.1) is 17.6 Å². The van der Waals surface area contributed by atoms with Crippen LogP contribution < -0.4 is 5.32 Å². The van der Waals surface area contributed by atoms with Crippen LogP contribution in [0.2, 0.25) is 0 Å². The van der Waals surface area contributed by atoms with Crippen molar-refractivity contribution >= 4 is 11.8 Å². The zero-order valence-electron chi connectivity index (χ0n) is 17.8.